The highest BCUT2D eigenvalue weighted by Gasteiger charge is 2.36. The summed E-state index contributed by atoms with van der Waals surface area (Å²) in [5.74, 6) is 0.0394. The number of anilines is 1. The van der Waals surface area contributed by atoms with E-state index in [4.69, 9.17) is 10.5 Å². The molecule has 2 heterocycles. The molecule has 3 aromatic rings. The van der Waals surface area contributed by atoms with Crippen molar-refractivity contribution in [3.05, 3.63) is 95.2 Å². The van der Waals surface area contributed by atoms with Crippen LogP contribution < -0.4 is 11.1 Å². The molecular weight excluding hydrogens is 416 g/mol. The molecule has 33 heavy (non-hydrogen) atoms. The fraction of sp³-hybridized carbons (Fsp3) is 0.269. The highest BCUT2D eigenvalue weighted by atomic mass is 16.5. The number of morpholine rings is 1. The molecule has 4 rings (SSSR count). The fourth-order valence-corrected chi connectivity index (χ4v) is 4.07. The van der Waals surface area contributed by atoms with E-state index in [0.29, 0.717) is 25.5 Å². The van der Waals surface area contributed by atoms with E-state index in [1.54, 1.807) is 6.20 Å². The Morgan fingerprint density at radius 2 is 1.79 bits per heavy atom. The summed E-state index contributed by atoms with van der Waals surface area (Å²) in [5, 5.41) is 2.85. The predicted octanol–water partition coefficient (Wildman–Crippen LogP) is 3.00. The van der Waals surface area contributed by atoms with Gasteiger partial charge < -0.3 is 20.7 Å². The van der Waals surface area contributed by atoms with Crippen molar-refractivity contribution < 1.29 is 14.3 Å². The van der Waals surface area contributed by atoms with Crippen LogP contribution in [-0.2, 0) is 20.9 Å². The minimum absolute atomic E-state index is 0.0347. The van der Waals surface area contributed by atoms with Crippen molar-refractivity contribution in [2.45, 2.75) is 32.0 Å². The van der Waals surface area contributed by atoms with Gasteiger partial charge in [-0.3, -0.25) is 9.59 Å². The lowest BCUT2D eigenvalue weighted by Crippen LogP contribution is -2.50. The van der Waals surface area contributed by atoms with Gasteiger partial charge in [0.05, 0.1) is 19.1 Å². The number of nitrogens with two attached hydrogens (primary N) is 1. The van der Waals surface area contributed by atoms with Gasteiger partial charge in [-0.1, -0.05) is 60.7 Å². The van der Waals surface area contributed by atoms with Crippen LogP contribution in [0.2, 0.25) is 0 Å². The average molecular weight is 445 g/mol. The number of rotatable bonds is 7. The molecule has 2 amide bonds. The van der Waals surface area contributed by atoms with Crippen LogP contribution in [0.15, 0.2) is 72.9 Å². The van der Waals surface area contributed by atoms with E-state index in [0.717, 1.165) is 22.3 Å². The molecule has 0 saturated carbocycles. The largest absolute Gasteiger partial charge is 0.383 e. The number of benzene rings is 2. The molecule has 0 radical (unpaired) electrons. The first-order chi connectivity index (χ1) is 16.0. The van der Waals surface area contributed by atoms with E-state index in [9.17, 15) is 9.59 Å². The van der Waals surface area contributed by atoms with Gasteiger partial charge in [-0.15, -0.1) is 0 Å². The summed E-state index contributed by atoms with van der Waals surface area (Å²) >= 11 is 0. The molecule has 0 bridgehead atoms. The Kier molecular flexibility index (Phi) is 7.00. The second-order valence-corrected chi connectivity index (χ2v) is 8.14. The number of ether oxygens (including phenoxy) is 1. The Hall–Kier alpha value is -3.71. The number of pyridine rings is 1. The molecule has 7 nitrogen and oxygen atoms in total. The monoisotopic (exact) mass is 444 g/mol. The zero-order chi connectivity index (χ0) is 23.2. The third-order valence-corrected chi connectivity index (χ3v) is 5.79. The van der Waals surface area contributed by atoms with Gasteiger partial charge in [-0.05, 0) is 35.2 Å². The lowest BCUT2D eigenvalue weighted by molar-refractivity contribution is -0.158. The first-order valence-corrected chi connectivity index (χ1v) is 11.0. The lowest BCUT2D eigenvalue weighted by atomic mass is 9.96. The Morgan fingerprint density at radius 3 is 2.39 bits per heavy atom. The molecular formula is C26H28N4O3. The molecule has 1 unspecified atom stereocenters. The van der Waals surface area contributed by atoms with Crippen molar-refractivity contribution in [3.8, 4) is 0 Å². The Bertz CT molecular complexity index is 1070. The first-order valence-electron chi connectivity index (χ1n) is 11.0. The topological polar surface area (TPSA) is 97.5 Å². The summed E-state index contributed by atoms with van der Waals surface area (Å²) in [5.41, 5.74) is 9.50. The van der Waals surface area contributed by atoms with Crippen molar-refractivity contribution in [3.63, 3.8) is 0 Å². The van der Waals surface area contributed by atoms with E-state index in [-0.39, 0.29) is 24.3 Å². The number of carbonyl (C=O) groups excluding carboxylic acids is 2. The number of nitrogen functional groups attached to an aromatic ring is 1. The maximum atomic E-state index is 13.4. The standard InChI is InChI=1S/C26H28N4O3/c1-18-14-19(17-29-25(18)27)16-28-23(31)15-22-26(32)30(12-13-33-22)24(20-8-4-2-5-9-20)21-10-6-3-7-11-21/h2-11,14,17,22,24H,12-13,15-16H2,1H3,(H2,27,29)(H,28,31). The SMILES string of the molecule is Cc1cc(CNC(=O)CC2OCCN(C(c3ccccc3)c3ccccc3)C2=O)cnc1N. The zero-order valence-electron chi connectivity index (χ0n) is 18.6. The summed E-state index contributed by atoms with van der Waals surface area (Å²) in [7, 11) is 0. The minimum Gasteiger partial charge on any atom is -0.383 e. The number of hydrogen-bond acceptors (Lipinski definition) is 5. The van der Waals surface area contributed by atoms with Gasteiger partial charge >= 0.3 is 0 Å². The van der Waals surface area contributed by atoms with Crippen LogP contribution in [0.25, 0.3) is 0 Å². The average Bonchev–Trinajstić information content (AvgIpc) is 2.84. The van der Waals surface area contributed by atoms with Crippen molar-refractivity contribution in [1.29, 1.82) is 0 Å². The van der Waals surface area contributed by atoms with Gasteiger partial charge in [0.2, 0.25) is 5.91 Å². The molecule has 2 aromatic carbocycles. The van der Waals surface area contributed by atoms with Gasteiger partial charge in [0.1, 0.15) is 11.9 Å². The summed E-state index contributed by atoms with van der Waals surface area (Å²) in [6.07, 6.45) is 0.782. The van der Waals surface area contributed by atoms with Crippen LogP contribution in [0.4, 0.5) is 5.82 Å². The quantitative estimate of drug-likeness (QED) is 0.584. The molecule has 1 saturated heterocycles. The summed E-state index contributed by atoms with van der Waals surface area (Å²) in [4.78, 5) is 31.9. The number of nitrogens with zero attached hydrogens (tertiary/aromatic N) is 2. The molecule has 1 aliphatic rings. The highest BCUT2D eigenvalue weighted by molar-refractivity contribution is 5.88. The second-order valence-electron chi connectivity index (χ2n) is 8.14. The number of aryl methyl sites for hydroxylation is 1. The molecule has 0 aliphatic carbocycles. The van der Waals surface area contributed by atoms with Crippen molar-refractivity contribution in [2.24, 2.45) is 0 Å². The van der Waals surface area contributed by atoms with Crippen LogP contribution in [0.5, 0.6) is 0 Å². The van der Waals surface area contributed by atoms with Crippen molar-refractivity contribution >= 4 is 17.6 Å². The van der Waals surface area contributed by atoms with Crippen LogP contribution in [0.3, 0.4) is 0 Å². The molecule has 170 valence electrons. The molecule has 3 N–H and O–H groups in total. The third kappa shape index (κ3) is 5.38. The molecule has 1 aliphatic heterocycles. The van der Waals surface area contributed by atoms with Crippen LogP contribution in [0, 0.1) is 6.92 Å². The van der Waals surface area contributed by atoms with E-state index in [1.165, 1.54) is 0 Å². The molecule has 1 fully saturated rings. The predicted molar refractivity (Wildman–Crippen MR) is 126 cm³/mol. The normalized spacial score (nSPS) is 16.1. The Labute approximate surface area is 193 Å². The second kappa shape index (κ2) is 10.3. The number of hydrogen-bond donors (Lipinski definition) is 2. The maximum absolute atomic E-state index is 13.4. The molecule has 0 spiro atoms. The van der Waals surface area contributed by atoms with E-state index >= 15 is 0 Å². The van der Waals surface area contributed by atoms with E-state index in [2.05, 4.69) is 10.3 Å². The van der Waals surface area contributed by atoms with Crippen molar-refractivity contribution in [2.75, 3.05) is 18.9 Å². The van der Waals surface area contributed by atoms with Crippen molar-refractivity contribution in [1.82, 2.24) is 15.2 Å². The van der Waals surface area contributed by atoms with Gasteiger partial charge in [0, 0.05) is 19.3 Å². The highest BCUT2D eigenvalue weighted by Crippen LogP contribution is 2.31. The third-order valence-electron chi connectivity index (χ3n) is 5.79. The molecule has 1 aromatic heterocycles. The summed E-state index contributed by atoms with van der Waals surface area (Å²) < 4.78 is 5.72. The van der Waals surface area contributed by atoms with Crippen LogP contribution >= 0.6 is 0 Å². The van der Waals surface area contributed by atoms with Gasteiger partial charge in [-0.25, -0.2) is 4.98 Å². The minimum atomic E-state index is -0.819. The maximum Gasteiger partial charge on any atom is 0.253 e. The number of amides is 2. The Balaban J connectivity index is 1.46. The molecule has 1 atom stereocenters. The number of aromatic nitrogens is 1. The van der Waals surface area contributed by atoms with Crippen LogP contribution in [0.1, 0.15) is 34.7 Å². The lowest BCUT2D eigenvalue weighted by Gasteiger charge is -2.38. The number of carbonyl (C=O) groups is 2. The van der Waals surface area contributed by atoms with Crippen LogP contribution in [-0.4, -0.2) is 41.0 Å². The summed E-state index contributed by atoms with van der Waals surface area (Å²) in [6.45, 7) is 3.02. The van der Waals surface area contributed by atoms with Gasteiger partial charge in [-0.2, -0.15) is 0 Å². The number of nitrogens with one attached hydrogen (secondary N) is 1. The smallest absolute Gasteiger partial charge is 0.253 e. The Morgan fingerprint density at radius 1 is 1.15 bits per heavy atom. The van der Waals surface area contributed by atoms with E-state index < -0.39 is 6.10 Å². The molecule has 7 heteroatoms. The van der Waals surface area contributed by atoms with Gasteiger partial charge in [0.15, 0.2) is 0 Å². The zero-order valence-corrected chi connectivity index (χ0v) is 18.6. The summed E-state index contributed by atoms with van der Waals surface area (Å²) in [6, 6.07) is 21.5. The fourth-order valence-electron chi connectivity index (χ4n) is 4.07. The first kappa shape index (κ1) is 22.5. The van der Waals surface area contributed by atoms with E-state index in [1.807, 2.05) is 78.6 Å². The van der Waals surface area contributed by atoms with Gasteiger partial charge in [0.25, 0.3) is 5.91 Å².